The van der Waals surface area contributed by atoms with E-state index in [4.69, 9.17) is 9.47 Å². The predicted octanol–water partition coefficient (Wildman–Crippen LogP) is 3.50. The fraction of sp³-hybridized carbons (Fsp3) is 0.550. The molecule has 1 saturated heterocycles. The number of piperidine rings is 1. The summed E-state index contributed by atoms with van der Waals surface area (Å²) in [6.45, 7) is 2.10. The number of amides is 1. The second-order valence-electron chi connectivity index (χ2n) is 6.88. The number of hydrogen-bond acceptors (Lipinski definition) is 6. The Hall–Kier alpha value is -2.78. The first-order valence-electron chi connectivity index (χ1n) is 9.50. The number of rotatable bonds is 7. The first kappa shape index (κ1) is 23.5. The first-order valence-corrected chi connectivity index (χ1v) is 9.50. The highest BCUT2D eigenvalue weighted by Crippen LogP contribution is 2.29. The van der Waals surface area contributed by atoms with Gasteiger partial charge in [-0.1, -0.05) is 12.1 Å². The standard InChI is InChI=1S/C20H24F3NO6/c1-3-29-18(26)12-17(25)14-8-9-24(19(27)28-2)15(11-14)10-13-4-6-16(7-5-13)30-20(21,22)23/h4-7,14-15H,3,8-12H2,1-2H3/t14-,15+/m1/s1. The van der Waals surface area contributed by atoms with Gasteiger partial charge in [-0.25, -0.2) is 4.79 Å². The molecule has 1 aromatic carbocycles. The lowest BCUT2D eigenvalue weighted by atomic mass is 9.84. The van der Waals surface area contributed by atoms with Crippen LogP contribution in [0, 0.1) is 5.92 Å². The fourth-order valence-corrected chi connectivity index (χ4v) is 3.49. The summed E-state index contributed by atoms with van der Waals surface area (Å²) in [5, 5.41) is 0. The van der Waals surface area contributed by atoms with Crippen LogP contribution in [-0.4, -0.2) is 55.4 Å². The predicted molar refractivity (Wildman–Crippen MR) is 98.7 cm³/mol. The van der Waals surface area contributed by atoms with Crippen LogP contribution in [-0.2, 0) is 25.5 Å². The maximum Gasteiger partial charge on any atom is 0.573 e. The summed E-state index contributed by atoms with van der Waals surface area (Å²) < 4.78 is 50.4. The Labute approximate surface area is 172 Å². The monoisotopic (exact) mass is 431 g/mol. The number of ketones is 1. The molecule has 0 N–H and O–H groups in total. The van der Waals surface area contributed by atoms with Crippen LogP contribution in [0.4, 0.5) is 18.0 Å². The first-order chi connectivity index (χ1) is 14.1. The number of nitrogens with zero attached hydrogens (tertiary/aromatic N) is 1. The number of methoxy groups -OCH3 is 1. The molecule has 1 heterocycles. The fourth-order valence-electron chi connectivity index (χ4n) is 3.49. The van der Waals surface area contributed by atoms with Crippen LogP contribution in [0.2, 0.25) is 0 Å². The van der Waals surface area contributed by atoms with Gasteiger partial charge in [0.25, 0.3) is 0 Å². The van der Waals surface area contributed by atoms with Gasteiger partial charge in [0.15, 0.2) is 0 Å². The molecule has 1 aliphatic heterocycles. The molecule has 2 atom stereocenters. The van der Waals surface area contributed by atoms with Crippen LogP contribution in [0.3, 0.4) is 0 Å². The summed E-state index contributed by atoms with van der Waals surface area (Å²) in [6.07, 6.45) is -4.64. The van der Waals surface area contributed by atoms with Gasteiger partial charge in [-0.15, -0.1) is 13.2 Å². The number of esters is 1. The zero-order valence-corrected chi connectivity index (χ0v) is 16.7. The zero-order chi connectivity index (χ0) is 22.3. The van der Waals surface area contributed by atoms with Gasteiger partial charge in [-0.2, -0.15) is 0 Å². The van der Waals surface area contributed by atoms with Crippen LogP contribution in [0.25, 0.3) is 0 Å². The lowest BCUT2D eigenvalue weighted by Crippen LogP contribution is -2.48. The number of carbonyl (C=O) groups excluding carboxylic acids is 3. The summed E-state index contributed by atoms with van der Waals surface area (Å²) in [5.41, 5.74) is 0.668. The summed E-state index contributed by atoms with van der Waals surface area (Å²) >= 11 is 0. The molecule has 0 saturated carbocycles. The van der Waals surface area contributed by atoms with E-state index < -0.39 is 30.4 Å². The van der Waals surface area contributed by atoms with Crippen molar-refractivity contribution in [2.75, 3.05) is 20.3 Å². The van der Waals surface area contributed by atoms with Gasteiger partial charge in [0.2, 0.25) is 0 Å². The largest absolute Gasteiger partial charge is 0.573 e. The molecule has 2 rings (SSSR count). The number of hydrogen-bond donors (Lipinski definition) is 0. The van der Waals surface area contributed by atoms with Gasteiger partial charge >= 0.3 is 18.4 Å². The molecule has 0 aliphatic carbocycles. The Morgan fingerprint density at radius 1 is 1.17 bits per heavy atom. The minimum Gasteiger partial charge on any atom is -0.466 e. The Kier molecular flexibility index (Phi) is 8.08. The van der Waals surface area contributed by atoms with E-state index in [0.29, 0.717) is 24.8 Å². The molecule has 30 heavy (non-hydrogen) atoms. The molecule has 0 bridgehead atoms. The van der Waals surface area contributed by atoms with E-state index in [1.165, 1.54) is 36.3 Å². The van der Waals surface area contributed by atoms with Gasteiger partial charge in [0, 0.05) is 18.5 Å². The molecular formula is C20H24F3NO6. The molecule has 0 spiro atoms. The van der Waals surface area contributed by atoms with Crippen LogP contribution < -0.4 is 4.74 Å². The van der Waals surface area contributed by atoms with Crippen molar-refractivity contribution in [3.8, 4) is 5.75 Å². The van der Waals surface area contributed by atoms with Crippen LogP contribution in [0.15, 0.2) is 24.3 Å². The summed E-state index contributed by atoms with van der Waals surface area (Å²) in [4.78, 5) is 37.7. The maximum atomic E-state index is 12.4. The minimum absolute atomic E-state index is 0.184. The van der Waals surface area contributed by atoms with Gasteiger partial charge < -0.3 is 19.1 Å². The van der Waals surface area contributed by atoms with Crippen molar-refractivity contribution in [3.63, 3.8) is 0 Å². The van der Waals surface area contributed by atoms with E-state index in [0.717, 1.165) is 0 Å². The molecular weight excluding hydrogens is 407 g/mol. The van der Waals surface area contributed by atoms with Crippen LogP contribution in [0.5, 0.6) is 5.75 Å². The van der Waals surface area contributed by atoms with Crippen LogP contribution in [0.1, 0.15) is 31.7 Å². The molecule has 0 aromatic heterocycles. The van der Waals surface area contributed by atoms with Crippen molar-refractivity contribution in [2.24, 2.45) is 5.92 Å². The van der Waals surface area contributed by atoms with Crippen molar-refractivity contribution in [1.82, 2.24) is 4.90 Å². The van der Waals surface area contributed by atoms with Crippen molar-refractivity contribution in [3.05, 3.63) is 29.8 Å². The number of halogens is 3. The van der Waals surface area contributed by atoms with Crippen molar-refractivity contribution >= 4 is 17.8 Å². The van der Waals surface area contributed by atoms with E-state index in [-0.39, 0.29) is 31.1 Å². The number of likely N-dealkylation sites (tertiary alicyclic amines) is 1. The zero-order valence-electron chi connectivity index (χ0n) is 16.7. The third-order valence-corrected chi connectivity index (χ3v) is 4.83. The normalized spacial score (nSPS) is 19.2. The quantitative estimate of drug-likeness (QED) is 0.486. The number of carbonyl (C=O) groups is 3. The average molecular weight is 431 g/mol. The molecule has 1 aliphatic rings. The van der Waals surface area contributed by atoms with E-state index in [9.17, 15) is 27.6 Å². The summed E-state index contributed by atoms with van der Waals surface area (Å²) in [6, 6.07) is 4.92. The molecule has 166 valence electrons. The van der Waals surface area contributed by atoms with Crippen LogP contribution >= 0.6 is 0 Å². The van der Waals surface area contributed by atoms with Gasteiger partial charge in [-0.3, -0.25) is 9.59 Å². The highest BCUT2D eigenvalue weighted by molar-refractivity contribution is 5.96. The van der Waals surface area contributed by atoms with E-state index in [1.807, 2.05) is 0 Å². The molecule has 1 aromatic rings. The summed E-state index contributed by atoms with van der Waals surface area (Å²) in [5.74, 6) is -1.61. The molecule has 1 fully saturated rings. The second kappa shape index (κ2) is 10.3. The number of benzene rings is 1. The SMILES string of the molecule is CCOC(=O)CC(=O)[C@@H]1CCN(C(=O)OC)[C@@H](Cc2ccc(OC(F)(F)F)cc2)C1. The Balaban J connectivity index is 2.09. The van der Waals surface area contributed by atoms with E-state index >= 15 is 0 Å². The average Bonchev–Trinajstić information content (AvgIpc) is 2.68. The van der Waals surface area contributed by atoms with E-state index in [1.54, 1.807) is 6.92 Å². The maximum absolute atomic E-state index is 12.4. The van der Waals surface area contributed by atoms with Crippen molar-refractivity contribution in [2.45, 2.75) is 45.0 Å². The van der Waals surface area contributed by atoms with Crippen molar-refractivity contribution in [1.29, 1.82) is 0 Å². The Morgan fingerprint density at radius 2 is 1.83 bits per heavy atom. The molecule has 10 heteroatoms. The molecule has 0 radical (unpaired) electrons. The topological polar surface area (TPSA) is 82.1 Å². The summed E-state index contributed by atoms with van der Waals surface area (Å²) in [7, 11) is 1.25. The highest BCUT2D eigenvalue weighted by Gasteiger charge is 2.36. The van der Waals surface area contributed by atoms with Gasteiger partial charge in [0.1, 0.15) is 18.0 Å². The van der Waals surface area contributed by atoms with Gasteiger partial charge in [0.05, 0.1) is 13.7 Å². The molecule has 7 nitrogen and oxygen atoms in total. The third-order valence-electron chi connectivity index (χ3n) is 4.83. The number of Topliss-reactive ketones (excluding diaryl/α,β-unsaturated/α-hetero) is 1. The molecule has 1 amide bonds. The minimum atomic E-state index is -4.78. The Morgan fingerprint density at radius 3 is 2.40 bits per heavy atom. The Bertz CT molecular complexity index is 750. The third kappa shape index (κ3) is 6.93. The molecule has 0 unspecified atom stereocenters. The number of ether oxygens (including phenoxy) is 3. The highest BCUT2D eigenvalue weighted by atomic mass is 19.4. The lowest BCUT2D eigenvalue weighted by molar-refractivity contribution is -0.274. The smallest absolute Gasteiger partial charge is 0.466 e. The lowest BCUT2D eigenvalue weighted by Gasteiger charge is -2.38. The van der Waals surface area contributed by atoms with E-state index in [2.05, 4.69) is 4.74 Å². The van der Waals surface area contributed by atoms with Gasteiger partial charge in [-0.05, 0) is 43.9 Å². The van der Waals surface area contributed by atoms with Crippen molar-refractivity contribution < 1.29 is 41.8 Å². The number of alkyl halides is 3. The second-order valence-corrected chi connectivity index (χ2v) is 6.88.